The molecule has 0 aliphatic heterocycles. The normalized spacial score (nSPS) is 11.2. The molecule has 0 unspecified atom stereocenters. The summed E-state index contributed by atoms with van der Waals surface area (Å²) in [5.41, 5.74) is 1.55. The van der Waals surface area contributed by atoms with E-state index in [9.17, 15) is 9.59 Å². The highest BCUT2D eigenvalue weighted by molar-refractivity contribution is 9.10. The summed E-state index contributed by atoms with van der Waals surface area (Å²) in [6.07, 6.45) is 0. The second-order valence-corrected chi connectivity index (χ2v) is 8.58. The number of ether oxygens (including phenoxy) is 1. The molecule has 24 heavy (non-hydrogen) atoms. The smallest absolute Gasteiger partial charge is 0.341 e. The first kappa shape index (κ1) is 18.7. The van der Waals surface area contributed by atoms with Crippen molar-refractivity contribution in [3.63, 3.8) is 0 Å². The number of methoxy groups -OCH3 is 1. The van der Waals surface area contributed by atoms with Crippen molar-refractivity contribution >= 4 is 44.1 Å². The summed E-state index contributed by atoms with van der Waals surface area (Å²) in [5, 5.41) is 3.40. The van der Waals surface area contributed by atoms with Crippen LogP contribution in [0, 0.1) is 12.3 Å². The largest absolute Gasteiger partial charge is 0.465 e. The van der Waals surface area contributed by atoms with Crippen LogP contribution in [0.1, 0.15) is 36.0 Å². The van der Waals surface area contributed by atoms with Crippen LogP contribution in [0.4, 0.5) is 5.00 Å². The fourth-order valence-corrected chi connectivity index (χ4v) is 3.51. The molecule has 0 bridgehead atoms. The number of hydrogen-bond donors (Lipinski definition) is 1. The predicted molar refractivity (Wildman–Crippen MR) is 102 cm³/mol. The number of aryl methyl sites for hydroxylation is 1. The minimum Gasteiger partial charge on any atom is -0.465 e. The first-order valence-corrected chi connectivity index (χ1v) is 9.05. The molecule has 1 amide bonds. The molecule has 0 radical (unpaired) electrons. The summed E-state index contributed by atoms with van der Waals surface area (Å²) in [6.45, 7) is 7.42. The Morgan fingerprint density at radius 2 is 1.75 bits per heavy atom. The van der Waals surface area contributed by atoms with Crippen LogP contribution in [0.5, 0.6) is 0 Å². The lowest BCUT2D eigenvalue weighted by Crippen LogP contribution is -2.28. The molecule has 0 aliphatic carbocycles. The Balaban J connectivity index is 2.58. The van der Waals surface area contributed by atoms with Crippen molar-refractivity contribution in [1.29, 1.82) is 0 Å². The van der Waals surface area contributed by atoms with E-state index in [-0.39, 0.29) is 5.91 Å². The highest BCUT2D eigenvalue weighted by Crippen LogP contribution is 2.41. The van der Waals surface area contributed by atoms with Gasteiger partial charge in [-0.05, 0) is 24.6 Å². The molecule has 2 rings (SSSR count). The molecule has 1 aromatic heterocycles. The molecule has 2 aromatic rings. The standard InChI is InChI=1S/C18H20BrNO3S/c1-10-13(11-6-8-12(19)9-7-11)14(16(21)23-5)15(24-10)20-17(22)18(2,3)4/h6-9H,1-5H3,(H,20,22). The van der Waals surface area contributed by atoms with Gasteiger partial charge in [0.25, 0.3) is 0 Å². The highest BCUT2D eigenvalue weighted by atomic mass is 79.9. The fraction of sp³-hybridized carbons (Fsp3) is 0.333. The second-order valence-electron chi connectivity index (χ2n) is 6.44. The van der Waals surface area contributed by atoms with E-state index in [1.165, 1.54) is 18.4 Å². The minimum atomic E-state index is -0.553. The van der Waals surface area contributed by atoms with Gasteiger partial charge in [-0.1, -0.05) is 48.8 Å². The average Bonchev–Trinajstić information content (AvgIpc) is 2.82. The number of anilines is 1. The summed E-state index contributed by atoms with van der Waals surface area (Å²) >= 11 is 4.80. The van der Waals surface area contributed by atoms with Crippen molar-refractivity contribution in [2.75, 3.05) is 12.4 Å². The van der Waals surface area contributed by atoms with Gasteiger partial charge in [0.15, 0.2) is 0 Å². The van der Waals surface area contributed by atoms with Crippen molar-refractivity contribution in [2.45, 2.75) is 27.7 Å². The maximum absolute atomic E-state index is 12.4. The number of benzene rings is 1. The van der Waals surface area contributed by atoms with E-state index < -0.39 is 11.4 Å². The number of halogens is 1. The number of thiophene rings is 1. The third-order valence-corrected chi connectivity index (χ3v) is 5.06. The number of rotatable bonds is 3. The van der Waals surface area contributed by atoms with Crippen LogP contribution in [0.15, 0.2) is 28.7 Å². The minimum absolute atomic E-state index is 0.142. The van der Waals surface area contributed by atoms with Crippen molar-refractivity contribution in [3.8, 4) is 11.1 Å². The van der Waals surface area contributed by atoms with Crippen LogP contribution in [-0.2, 0) is 9.53 Å². The summed E-state index contributed by atoms with van der Waals surface area (Å²) in [4.78, 5) is 25.6. The van der Waals surface area contributed by atoms with Crippen molar-refractivity contribution in [2.24, 2.45) is 5.41 Å². The molecule has 1 heterocycles. The fourth-order valence-electron chi connectivity index (χ4n) is 2.18. The molecule has 0 fully saturated rings. The molecule has 1 aromatic carbocycles. The summed E-state index contributed by atoms with van der Waals surface area (Å²) in [5.74, 6) is -0.599. The Morgan fingerprint density at radius 3 is 2.25 bits per heavy atom. The van der Waals surface area contributed by atoms with Crippen LogP contribution < -0.4 is 5.32 Å². The van der Waals surface area contributed by atoms with Crippen LogP contribution in [0.2, 0.25) is 0 Å². The Kier molecular flexibility index (Phi) is 5.50. The lowest BCUT2D eigenvalue weighted by atomic mass is 9.95. The van der Waals surface area contributed by atoms with Crippen molar-refractivity contribution in [1.82, 2.24) is 0 Å². The van der Waals surface area contributed by atoms with Gasteiger partial charge >= 0.3 is 5.97 Å². The van der Waals surface area contributed by atoms with Crippen molar-refractivity contribution in [3.05, 3.63) is 39.2 Å². The average molecular weight is 410 g/mol. The maximum Gasteiger partial charge on any atom is 0.341 e. The molecular weight excluding hydrogens is 390 g/mol. The zero-order chi connectivity index (χ0) is 18.1. The van der Waals surface area contributed by atoms with E-state index in [0.29, 0.717) is 10.6 Å². The van der Waals surface area contributed by atoms with E-state index in [1.54, 1.807) is 0 Å². The third-order valence-electron chi connectivity index (χ3n) is 3.51. The molecule has 0 saturated carbocycles. The quantitative estimate of drug-likeness (QED) is 0.703. The zero-order valence-electron chi connectivity index (χ0n) is 14.3. The Hall–Kier alpha value is -1.66. The Morgan fingerprint density at radius 1 is 1.17 bits per heavy atom. The molecule has 0 aliphatic rings. The van der Waals surface area contributed by atoms with Gasteiger partial charge in [0.1, 0.15) is 10.6 Å². The van der Waals surface area contributed by atoms with Crippen LogP contribution in [-0.4, -0.2) is 19.0 Å². The first-order chi connectivity index (χ1) is 11.1. The van der Waals surface area contributed by atoms with Crippen LogP contribution in [0.3, 0.4) is 0 Å². The molecule has 0 spiro atoms. The number of esters is 1. The first-order valence-electron chi connectivity index (χ1n) is 7.44. The van der Waals surface area contributed by atoms with E-state index in [1.807, 2.05) is 52.0 Å². The monoisotopic (exact) mass is 409 g/mol. The van der Waals surface area contributed by atoms with Gasteiger partial charge in [0.2, 0.25) is 5.91 Å². The van der Waals surface area contributed by atoms with E-state index in [4.69, 9.17) is 4.74 Å². The molecule has 4 nitrogen and oxygen atoms in total. The lowest BCUT2D eigenvalue weighted by molar-refractivity contribution is -0.123. The molecule has 0 saturated heterocycles. The van der Waals surface area contributed by atoms with Gasteiger partial charge in [0, 0.05) is 20.3 Å². The zero-order valence-corrected chi connectivity index (χ0v) is 16.7. The molecular formula is C18H20BrNO3S. The maximum atomic E-state index is 12.4. The molecule has 6 heteroatoms. The number of carbonyl (C=O) groups excluding carboxylic acids is 2. The summed E-state index contributed by atoms with van der Waals surface area (Å²) in [6, 6.07) is 7.70. The summed E-state index contributed by atoms with van der Waals surface area (Å²) in [7, 11) is 1.34. The number of amides is 1. The van der Waals surface area contributed by atoms with E-state index in [2.05, 4.69) is 21.2 Å². The van der Waals surface area contributed by atoms with Gasteiger partial charge in [-0.15, -0.1) is 11.3 Å². The number of hydrogen-bond acceptors (Lipinski definition) is 4. The van der Waals surface area contributed by atoms with Crippen LogP contribution >= 0.6 is 27.3 Å². The van der Waals surface area contributed by atoms with Gasteiger partial charge < -0.3 is 10.1 Å². The molecule has 0 atom stereocenters. The Bertz CT molecular complexity index is 773. The Labute approximate surface area is 154 Å². The lowest BCUT2D eigenvalue weighted by Gasteiger charge is -2.17. The highest BCUT2D eigenvalue weighted by Gasteiger charge is 2.28. The topological polar surface area (TPSA) is 55.4 Å². The third kappa shape index (κ3) is 3.87. The summed E-state index contributed by atoms with van der Waals surface area (Å²) < 4.78 is 5.91. The van der Waals surface area contributed by atoms with Gasteiger partial charge in [-0.2, -0.15) is 0 Å². The van der Waals surface area contributed by atoms with Crippen LogP contribution in [0.25, 0.3) is 11.1 Å². The van der Waals surface area contributed by atoms with E-state index >= 15 is 0 Å². The number of nitrogens with one attached hydrogen (secondary N) is 1. The molecule has 1 N–H and O–H groups in total. The van der Waals surface area contributed by atoms with Gasteiger partial charge in [0.05, 0.1) is 7.11 Å². The second kappa shape index (κ2) is 7.07. The van der Waals surface area contributed by atoms with Gasteiger partial charge in [-0.25, -0.2) is 4.79 Å². The van der Waals surface area contributed by atoms with Gasteiger partial charge in [-0.3, -0.25) is 4.79 Å². The predicted octanol–water partition coefficient (Wildman–Crippen LogP) is 5.26. The molecule has 128 valence electrons. The van der Waals surface area contributed by atoms with Crippen molar-refractivity contribution < 1.29 is 14.3 Å². The number of carbonyl (C=O) groups is 2. The van der Waals surface area contributed by atoms with E-state index in [0.717, 1.165) is 20.5 Å². The SMILES string of the molecule is COC(=O)c1c(NC(=O)C(C)(C)C)sc(C)c1-c1ccc(Br)cc1.